The van der Waals surface area contributed by atoms with Crippen LogP contribution in [0.25, 0.3) is 0 Å². The van der Waals surface area contributed by atoms with Crippen LogP contribution in [0.4, 0.5) is 5.69 Å². The number of amides is 1. The van der Waals surface area contributed by atoms with Crippen molar-refractivity contribution in [3.8, 4) is 0 Å². The molecule has 0 unspecified atom stereocenters. The maximum absolute atomic E-state index is 12.4. The average Bonchev–Trinajstić information content (AvgIpc) is 2.46. The summed E-state index contributed by atoms with van der Waals surface area (Å²) in [6.07, 6.45) is 0. The van der Waals surface area contributed by atoms with E-state index >= 15 is 0 Å². The predicted molar refractivity (Wildman–Crippen MR) is 91.5 cm³/mol. The lowest BCUT2D eigenvalue weighted by Crippen LogP contribution is -2.26. The molecule has 108 valence electrons. The smallest absolute Gasteiger partial charge is 0.259 e. The summed E-state index contributed by atoms with van der Waals surface area (Å²) in [6, 6.07) is 11.9. The number of anilines is 1. The van der Waals surface area contributed by atoms with Gasteiger partial charge in [0.05, 0.1) is 10.6 Å². The Morgan fingerprint density at radius 3 is 2.29 bits per heavy atom. The lowest BCUT2D eigenvalue weighted by molar-refractivity contribution is 0.0993. The minimum atomic E-state index is -0.222. The minimum absolute atomic E-state index is 0.222. The first-order chi connectivity index (χ1) is 9.90. The van der Waals surface area contributed by atoms with E-state index in [1.165, 1.54) is 4.90 Å². The standard InChI is InChI=1S/C15H12Cl2N2OS/c1-19(11-5-2-9(3-6-11)14(18)21)15(20)12-7-4-10(16)8-13(12)17/h2-8H,1H3,(H2,18,21). The number of thiocarbonyl (C=S) groups is 1. The van der Waals surface area contributed by atoms with Crippen LogP contribution in [0.3, 0.4) is 0 Å². The molecule has 3 nitrogen and oxygen atoms in total. The van der Waals surface area contributed by atoms with Crippen molar-refractivity contribution in [1.82, 2.24) is 0 Å². The van der Waals surface area contributed by atoms with E-state index in [4.69, 9.17) is 41.2 Å². The molecule has 2 rings (SSSR count). The van der Waals surface area contributed by atoms with Gasteiger partial charge in [-0.15, -0.1) is 0 Å². The Hall–Kier alpha value is -1.62. The van der Waals surface area contributed by atoms with Crippen LogP contribution in [0.15, 0.2) is 42.5 Å². The molecule has 6 heteroatoms. The molecule has 0 aliphatic carbocycles. The van der Waals surface area contributed by atoms with E-state index in [-0.39, 0.29) is 5.91 Å². The molecule has 0 saturated heterocycles. The number of nitrogens with two attached hydrogens (primary N) is 1. The number of carbonyl (C=O) groups excluding carboxylic acids is 1. The second-order valence-corrected chi connectivity index (χ2v) is 5.68. The second kappa shape index (κ2) is 6.43. The first kappa shape index (κ1) is 15.8. The third-order valence-electron chi connectivity index (χ3n) is 3.01. The van der Waals surface area contributed by atoms with Crippen LogP contribution in [0.5, 0.6) is 0 Å². The Morgan fingerprint density at radius 2 is 1.76 bits per heavy atom. The Labute approximate surface area is 138 Å². The molecule has 0 aromatic heterocycles. The van der Waals surface area contributed by atoms with Gasteiger partial charge in [0.15, 0.2) is 0 Å². The lowest BCUT2D eigenvalue weighted by Gasteiger charge is -2.18. The normalized spacial score (nSPS) is 10.2. The van der Waals surface area contributed by atoms with Crippen molar-refractivity contribution in [2.24, 2.45) is 5.73 Å². The SMILES string of the molecule is CN(C(=O)c1ccc(Cl)cc1Cl)c1ccc(C(N)=S)cc1. The molecule has 0 aliphatic heterocycles. The number of nitrogens with zero attached hydrogens (tertiary/aromatic N) is 1. The molecule has 2 aromatic rings. The summed E-state index contributed by atoms with van der Waals surface area (Å²) >= 11 is 16.8. The molecule has 0 atom stereocenters. The van der Waals surface area contributed by atoms with Crippen molar-refractivity contribution in [1.29, 1.82) is 0 Å². The van der Waals surface area contributed by atoms with Gasteiger partial charge in [-0.1, -0.05) is 35.4 Å². The van der Waals surface area contributed by atoms with Gasteiger partial charge in [-0.2, -0.15) is 0 Å². The monoisotopic (exact) mass is 338 g/mol. The summed E-state index contributed by atoms with van der Waals surface area (Å²) in [5, 5.41) is 0.805. The Bertz CT molecular complexity index is 701. The Balaban J connectivity index is 2.28. The van der Waals surface area contributed by atoms with Gasteiger partial charge in [-0.05, 0) is 42.5 Å². The number of halogens is 2. The van der Waals surface area contributed by atoms with Gasteiger partial charge in [-0.3, -0.25) is 4.79 Å². The highest BCUT2D eigenvalue weighted by molar-refractivity contribution is 7.80. The molecule has 0 fully saturated rings. The second-order valence-electron chi connectivity index (χ2n) is 4.40. The first-order valence-corrected chi connectivity index (χ1v) is 7.19. The zero-order chi connectivity index (χ0) is 15.6. The molecular weight excluding hydrogens is 327 g/mol. The summed E-state index contributed by atoms with van der Waals surface area (Å²) in [4.78, 5) is 14.3. The maximum Gasteiger partial charge on any atom is 0.259 e. The molecule has 0 aliphatic rings. The molecule has 1 amide bonds. The van der Waals surface area contributed by atoms with Crippen LogP contribution in [-0.2, 0) is 0 Å². The fourth-order valence-corrected chi connectivity index (χ4v) is 2.44. The highest BCUT2D eigenvalue weighted by atomic mass is 35.5. The van der Waals surface area contributed by atoms with Crippen LogP contribution < -0.4 is 10.6 Å². The van der Waals surface area contributed by atoms with Crippen LogP contribution in [0.1, 0.15) is 15.9 Å². The molecule has 0 saturated carbocycles. The van der Waals surface area contributed by atoms with Gasteiger partial charge in [-0.25, -0.2) is 0 Å². The number of hydrogen-bond acceptors (Lipinski definition) is 2. The zero-order valence-corrected chi connectivity index (χ0v) is 13.5. The fraction of sp³-hybridized carbons (Fsp3) is 0.0667. The first-order valence-electron chi connectivity index (χ1n) is 6.03. The Morgan fingerprint density at radius 1 is 1.14 bits per heavy atom. The topological polar surface area (TPSA) is 46.3 Å². The third-order valence-corrected chi connectivity index (χ3v) is 3.79. The van der Waals surface area contributed by atoms with Gasteiger partial charge >= 0.3 is 0 Å². The van der Waals surface area contributed by atoms with Crippen molar-refractivity contribution in [3.05, 3.63) is 63.6 Å². The number of benzene rings is 2. The van der Waals surface area contributed by atoms with Gasteiger partial charge < -0.3 is 10.6 Å². The van der Waals surface area contributed by atoms with Crippen molar-refractivity contribution in [2.75, 3.05) is 11.9 Å². The van der Waals surface area contributed by atoms with Crippen molar-refractivity contribution in [3.63, 3.8) is 0 Å². The van der Waals surface area contributed by atoms with Gasteiger partial charge in [0.25, 0.3) is 5.91 Å². The van der Waals surface area contributed by atoms with E-state index < -0.39 is 0 Å². The average molecular weight is 339 g/mol. The highest BCUT2D eigenvalue weighted by Gasteiger charge is 2.16. The predicted octanol–water partition coefficient (Wildman–Crippen LogP) is 3.90. The van der Waals surface area contributed by atoms with Crippen molar-refractivity contribution >= 4 is 52.0 Å². The minimum Gasteiger partial charge on any atom is -0.389 e. The quantitative estimate of drug-likeness (QED) is 0.863. The zero-order valence-electron chi connectivity index (χ0n) is 11.1. The van der Waals surface area contributed by atoms with E-state index in [0.29, 0.717) is 26.3 Å². The molecule has 0 radical (unpaired) electrons. The largest absolute Gasteiger partial charge is 0.389 e. The molecule has 0 spiro atoms. The molecule has 0 bridgehead atoms. The summed E-state index contributed by atoms with van der Waals surface area (Å²) in [5.74, 6) is -0.222. The van der Waals surface area contributed by atoms with E-state index in [2.05, 4.69) is 0 Å². The molecule has 2 N–H and O–H groups in total. The maximum atomic E-state index is 12.4. The van der Waals surface area contributed by atoms with Crippen LogP contribution >= 0.6 is 35.4 Å². The van der Waals surface area contributed by atoms with Gasteiger partial charge in [0.2, 0.25) is 0 Å². The van der Waals surface area contributed by atoms with Crippen LogP contribution in [-0.4, -0.2) is 17.9 Å². The fourth-order valence-electron chi connectivity index (χ4n) is 1.81. The van der Waals surface area contributed by atoms with Gasteiger partial charge in [0.1, 0.15) is 4.99 Å². The third kappa shape index (κ3) is 3.53. The molecule has 21 heavy (non-hydrogen) atoms. The van der Waals surface area contributed by atoms with E-state index in [0.717, 1.165) is 5.56 Å². The molecular formula is C15H12Cl2N2OS. The number of hydrogen-bond donors (Lipinski definition) is 1. The lowest BCUT2D eigenvalue weighted by atomic mass is 10.1. The van der Waals surface area contributed by atoms with E-state index in [9.17, 15) is 4.79 Å². The highest BCUT2D eigenvalue weighted by Crippen LogP contribution is 2.24. The summed E-state index contributed by atoms with van der Waals surface area (Å²) < 4.78 is 0. The van der Waals surface area contributed by atoms with Crippen molar-refractivity contribution < 1.29 is 4.79 Å². The summed E-state index contributed by atoms with van der Waals surface area (Å²) in [5.41, 5.74) is 7.40. The van der Waals surface area contributed by atoms with E-state index in [1.807, 2.05) is 0 Å². The molecule has 2 aromatic carbocycles. The number of rotatable bonds is 3. The van der Waals surface area contributed by atoms with Crippen LogP contribution in [0.2, 0.25) is 10.0 Å². The van der Waals surface area contributed by atoms with Gasteiger partial charge in [0, 0.05) is 23.3 Å². The molecule has 0 heterocycles. The van der Waals surface area contributed by atoms with E-state index in [1.54, 1.807) is 49.5 Å². The summed E-state index contributed by atoms with van der Waals surface area (Å²) in [6.45, 7) is 0. The summed E-state index contributed by atoms with van der Waals surface area (Å²) in [7, 11) is 1.67. The number of carbonyl (C=O) groups is 1. The van der Waals surface area contributed by atoms with Crippen molar-refractivity contribution in [2.45, 2.75) is 0 Å². The van der Waals surface area contributed by atoms with Crippen LogP contribution in [0, 0.1) is 0 Å². The Kier molecular flexibility index (Phi) is 4.83.